The van der Waals surface area contributed by atoms with Gasteiger partial charge >= 0.3 is 0 Å². The van der Waals surface area contributed by atoms with Crippen LogP contribution >= 0.6 is 0 Å². The Balaban J connectivity index is 1.40. The van der Waals surface area contributed by atoms with Gasteiger partial charge in [-0.05, 0) is 19.1 Å². The maximum absolute atomic E-state index is 11.8. The number of piperazine rings is 1. The highest BCUT2D eigenvalue weighted by Gasteiger charge is 2.26. The van der Waals surface area contributed by atoms with Crippen LogP contribution in [0.4, 0.5) is 0 Å². The molecule has 8 heteroatoms. The van der Waals surface area contributed by atoms with E-state index in [0.717, 1.165) is 38.5 Å². The number of nitrogens with one attached hydrogen (secondary N) is 1. The van der Waals surface area contributed by atoms with Gasteiger partial charge in [0.1, 0.15) is 0 Å². The quantitative estimate of drug-likeness (QED) is 0.806. The first-order valence-electron chi connectivity index (χ1n) is 9.16. The Morgan fingerprint density at radius 2 is 2.04 bits per heavy atom. The minimum Gasteiger partial charge on any atom is -0.459 e. The van der Waals surface area contributed by atoms with E-state index in [0.29, 0.717) is 18.2 Å². The lowest BCUT2D eigenvalue weighted by Crippen LogP contribution is -2.49. The third-order valence-electron chi connectivity index (χ3n) is 4.74. The number of rotatable bonds is 7. The standard InChI is InChI=1S/C18H27N5O3/c1-13(2)16-20-18(26-21-16)14(3)23-10-8-22(9-11-23)7-6-19-17(24)15-5-4-12-25-15/h4-5,12-14H,6-11H2,1-3H3,(H,19,24). The largest absolute Gasteiger partial charge is 0.459 e. The van der Waals surface area contributed by atoms with Crippen molar-refractivity contribution in [3.8, 4) is 0 Å². The van der Waals surface area contributed by atoms with Gasteiger partial charge in [0, 0.05) is 45.2 Å². The average Bonchev–Trinajstić information content (AvgIpc) is 3.33. The molecule has 0 aliphatic carbocycles. The van der Waals surface area contributed by atoms with Crippen molar-refractivity contribution in [2.45, 2.75) is 32.7 Å². The SMILES string of the molecule is CC(C)c1noc(C(C)N2CCN(CCNC(=O)c3ccco3)CC2)n1. The molecule has 1 saturated heterocycles. The second-order valence-corrected chi connectivity index (χ2v) is 6.93. The van der Waals surface area contributed by atoms with Crippen molar-refractivity contribution in [1.82, 2.24) is 25.3 Å². The van der Waals surface area contributed by atoms with Gasteiger partial charge in [-0.25, -0.2) is 0 Å². The summed E-state index contributed by atoms with van der Waals surface area (Å²) in [7, 11) is 0. The summed E-state index contributed by atoms with van der Waals surface area (Å²) in [4.78, 5) is 21.1. The van der Waals surface area contributed by atoms with Gasteiger partial charge in [0.2, 0.25) is 5.89 Å². The molecule has 8 nitrogen and oxygen atoms in total. The van der Waals surface area contributed by atoms with Crippen molar-refractivity contribution in [3.63, 3.8) is 0 Å². The number of carbonyl (C=O) groups is 1. The monoisotopic (exact) mass is 361 g/mol. The van der Waals surface area contributed by atoms with Gasteiger partial charge < -0.3 is 14.3 Å². The summed E-state index contributed by atoms with van der Waals surface area (Å²) in [5.41, 5.74) is 0. The molecular weight excluding hydrogens is 334 g/mol. The fourth-order valence-corrected chi connectivity index (χ4v) is 3.00. The third-order valence-corrected chi connectivity index (χ3v) is 4.74. The summed E-state index contributed by atoms with van der Waals surface area (Å²) in [6.45, 7) is 11.4. The van der Waals surface area contributed by atoms with Crippen LogP contribution in [0.25, 0.3) is 0 Å². The molecule has 0 saturated carbocycles. The number of furan rings is 1. The van der Waals surface area contributed by atoms with E-state index in [1.165, 1.54) is 6.26 Å². The van der Waals surface area contributed by atoms with Crippen LogP contribution in [0.5, 0.6) is 0 Å². The Morgan fingerprint density at radius 3 is 2.65 bits per heavy atom. The normalized spacial score (nSPS) is 17.5. The molecule has 1 aliphatic heterocycles. The molecule has 1 aliphatic rings. The second kappa shape index (κ2) is 8.46. The van der Waals surface area contributed by atoms with Crippen molar-refractivity contribution in [2.24, 2.45) is 0 Å². The molecule has 142 valence electrons. The first-order valence-corrected chi connectivity index (χ1v) is 9.16. The van der Waals surface area contributed by atoms with Crippen molar-refractivity contribution >= 4 is 5.91 Å². The van der Waals surface area contributed by atoms with Crippen molar-refractivity contribution in [3.05, 3.63) is 35.9 Å². The Labute approximate surface area is 153 Å². The predicted molar refractivity (Wildman–Crippen MR) is 95.9 cm³/mol. The molecule has 3 heterocycles. The van der Waals surface area contributed by atoms with Crippen LogP contribution in [0, 0.1) is 0 Å². The molecule has 3 rings (SSSR count). The van der Waals surface area contributed by atoms with Crippen LogP contribution < -0.4 is 5.32 Å². The second-order valence-electron chi connectivity index (χ2n) is 6.93. The van der Waals surface area contributed by atoms with Crippen LogP contribution in [-0.4, -0.2) is 65.1 Å². The molecular formula is C18H27N5O3. The highest BCUT2D eigenvalue weighted by molar-refractivity contribution is 5.91. The summed E-state index contributed by atoms with van der Waals surface area (Å²) < 4.78 is 10.5. The summed E-state index contributed by atoms with van der Waals surface area (Å²) in [6, 6.07) is 3.50. The Hall–Kier alpha value is -2.19. The minimum atomic E-state index is -0.167. The van der Waals surface area contributed by atoms with E-state index in [1.54, 1.807) is 12.1 Å². The molecule has 0 bridgehead atoms. The molecule has 2 aromatic rings. The van der Waals surface area contributed by atoms with Gasteiger partial charge in [-0.2, -0.15) is 4.98 Å². The summed E-state index contributed by atoms with van der Waals surface area (Å²) >= 11 is 0. The molecule has 0 radical (unpaired) electrons. The molecule has 1 fully saturated rings. The number of nitrogens with zero attached hydrogens (tertiary/aromatic N) is 4. The lowest BCUT2D eigenvalue weighted by atomic mass is 10.2. The first kappa shape index (κ1) is 18.6. The molecule has 2 aromatic heterocycles. The first-order chi connectivity index (χ1) is 12.5. The molecule has 0 aromatic carbocycles. The van der Waals surface area contributed by atoms with Crippen molar-refractivity contribution < 1.29 is 13.7 Å². The van der Waals surface area contributed by atoms with E-state index in [1.807, 2.05) is 0 Å². The van der Waals surface area contributed by atoms with Crippen LogP contribution in [0.1, 0.15) is 55.0 Å². The lowest BCUT2D eigenvalue weighted by Gasteiger charge is -2.36. The zero-order valence-electron chi connectivity index (χ0n) is 15.6. The Bertz CT molecular complexity index is 690. The third kappa shape index (κ3) is 4.50. The molecule has 1 unspecified atom stereocenters. The molecule has 1 atom stereocenters. The van der Waals surface area contributed by atoms with Gasteiger partial charge in [0.15, 0.2) is 11.6 Å². The van der Waals surface area contributed by atoms with Gasteiger partial charge in [-0.1, -0.05) is 19.0 Å². The number of hydrogen-bond acceptors (Lipinski definition) is 7. The Kier molecular flexibility index (Phi) is 6.05. The van der Waals surface area contributed by atoms with Crippen molar-refractivity contribution in [1.29, 1.82) is 0 Å². The average molecular weight is 361 g/mol. The van der Waals surface area contributed by atoms with E-state index < -0.39 is 0 Å². The van der Waals surface area contributed by atoms with E-state index in [-0.39, 0.29) is 17.9 Å². The summed E-state index contributed by atoms with van der Waals surface area (Å²) in [6.07, 6.45) is 1.50. The number of carbonyl (C=O) groups excluding carboxylic acids is 1. The highest BCUT2D eigenvalue weighted by atomic mass is 16.5. The minimum absolute atomic E-state index is 0.121. The fraction of sp³-hybridized carbons (Fsp3) is 0.611. The van der Waals surface area contributed by atoms with Gasteiger partial charge in [0.25, 0.3) is 5.91 Å². The zero-order chi connectivity index (χ0) is 18.5. The van der Waals surface area contributed by atoms with Crippen LogP contribution in [0.2, 0.25) is 0 Å². The van der Waals surface area contributed by atoms with E-state index in [9.17, 15) is 4.79 Å². The summed E-state index contributed by atoms with van der Waals surface area (Å²) in [5, 5.41) is 6.94. The van der Waals surface area contributed by atoms with E-state index in [2.05, 4.69) is 46.0 Å². The Morgan fingerprint density at radius 1 is 1.27 bits per heavy atom. The highest BCUT2D eigenvalue weighted by Crippen LogP contribution is 2.21. The number of aromatic nitrogens is 2. The fourth-order valence-electron chi connectivity index (χ4n) is 3.00. The van der Waals surface area contributed by atoms with Crippen LogP contribution in [-0.2, 0) is 0 Å². The molecule has 1 N–H and O–H groups in total. The van der Waals surface area contributed by atoms with Gasteiger partial charge in [0.05, 0.1) is 12.3 Å². The summed E-state index contributed by atoms with van der Waals surface area (Å²) in [5.74, 6) is 1.90. The zero-order valence-corrected chi connectivity index (χ0v) is 15.6. The van der Waals surface area contributed by atoms with Crippen LogP contribution in [0.15, 0.2) is 27.3 Å². The maximum atomic E-state index is 11.8. The van der Waals surface area contributed by atoms with E-state index >= 15 is 0 Å². The number of hydrogen-bond donors (Lipinski definition) is 1. The topological polar surface area (TPSA) is 87.6 Å². The molecule has 26 heavy (non-hydrogen) atoms. The van der Waals surface area contributed by atoms with Gasteiger partial charge in [-0.3, -0.25) is 14.6 Å². The number of amides is 1. The van der Waals surface area contributed by atoms with E-state index in [4.69, 9.17) is 8.94 Å². The molecule has 0 spiro atoms. The smallest absolute Gasteiger partial charge is 0.287 e. The predicted octanol–water partition coefficient (Wildman–Crippen LogP) is 1.89. The maximum Gasteiger partial charge on any atom is 0.287 e. The molecule has 1 amide bonds. The lowest BCUT2D eigenvalue weighted by molar-refractivity contribution is 0.0838. The van der Waals surface area contributed by atoms with Crippen LogP contribution in [0.3, 0.4) is 0 Å². The van der Waals surface area contributed by atoms with Gasteiger partial charge in [-0.15, -0.1) is 0 Å². The van der Waals surface area contributed by atoms with Crippen molar-refractivity contribution in [2.75, 3.05) is 39.3 Å².